The Labute approximate surface area is 169 Å². The lowest BCUT2D eigenvalue weighted by atomic mass is 9.91. The Morgan fingerprint density at radius 3 is 2.14 bits per heavy atom. The average Bonchev–Trinajstić information content (AvgIpc) is 3.07. The molecule has 2 aromatic rings. The molecule has 0 heterocycles. The van der Waals surface area contributed by atoms with Gasteiger partial charge >= 0.3 is 0 Å². The van der Waals surface area contributed by atoms with Crippen LogP contribution in [0.15, 0.2) is 54.6 Å². The van der Waals surface area contributed by atoms with Crippen LogP contribution in [0, 0.1) is 0 Å². The summed E-state index contributed by atoms with van der Waals surface area (Å²) in [4.78, 5) is 17.9. The van der Waals surface area contributed by atoms with Gasteiger partial charge in [0.15, 0.2) is 0 Å². The summed E-state index contributed by atoms with van der Waals surface area (Å²) < 4.78 is 0. The van der Waals surface area contributed by atoms with Crippen molar-refractivity contribution in [2.45, 2.75) is 37.8 Å². The molecule has 0 saturated carbocycles. The Balaban J connectivity index is 1.78. The summed E-state index contributed by atoms with van der Waals surface area (Å²) in [5, 5.41) is 3.29. The number of likely N-dealkylation sites (N-methyl/N-ethyl adjacent to an activating group) is 2. The molecule has 0 saturated heterocycles. The van der Waals surface area contributed by atoms with Gasteiger partial charge in [-0.2, -0.15) is 0 Å². The summed E-state index contributed by atoms with van der Waals surface area (Å²) in [5.41, 5.74) is 3.38. The molecule has 4 nitrogen and oxygen atoms in total. The number of nitrogens with one attached hydrogen (secondary N) is 1. The van der Waals surface area contributed by atoms with Crippen LogP contribution < -0.4 is 5.32 Å². The first-order chi connectivity index (χ1) is 13.4. The molecule has 2 aromatic carbocycles. The second-order valence-electron chi connectivity index (χ2n) is 8.45. The molecule has 1 atom stereocenters. The summed E-state index contributed by atoms with van der Waals surface area (Å²) in [7, 11) is 6.18. The lowest BCUT2D eigenvalue weighted by molar-refractivity contribution is -0.133. The SMILES string of the molecule is CC(CN(C)C)NC(=O)C1(N(C)CCc2ccccc2)Cc2ccccc2C1. The summed E-state index contributed by atoms with van der Waals surface area (Å²) in [6.45, 7) is 3.77. The third-order valence-electron chi connectivity index (χ3n) is 5.83. The lowest BCUT2D eigenvalue weighted by Crippen LogP contribution is -2.60. The van der Waals surface area contributed by atoms with E-state index in [1.54, 1.807) is 0 Å². The molecule has 1 N–H and O–H groups in total. The fourth-order valence-electron chi connectivity index (χ4n) is 4.31. The summed E-state index contributed by atoms with van der Waals surface area (Å²) >= 11 is 0. The van der Waals surface area contributed by atoms with Crippen LogP contribution in [0.2, 0.25) is 0 Å². The molecular formula is C24H33N3O. The number of carbonyl (C=O) groups excluding carboxylic acids is 1. The second kappa shape index (κ2) is 8.89. The fraction of sp³-hybridized carbons (Fsp3) is 0.458. The van der Waals surface area contributed by atoms with Gasteiger partial charge in [0, 0.05) is 32.0 Å². The highest BCUT2D eigenvalue weighted by molar-refractivity contribution is 5.88. The summed E-state index contributed by atoms with van der Waals surface area (Å²) in [5.74, 6) is 0.147. The zero-order valence-electron chi connectivity index (χ0n) is 17.6. The van der Waals surface area contributed by atoms with Crippen LogP contribution in [0.5, 0.6) is 0 Å². The maximum Gasteiger partial charge on any atom is 0.241 e. The Morgan fingerprint density at radius 2 is 1.57 bits per heavy atom. The first-order valence-electron chi connectivity index (χ1n) is 10.2. The van der Waals surface area contributed by atoms with Crippen LogP contribution in [-0.4, -0.2) is 61.5 Å². The van der Waals surface area contributed by atoms with E-state index >= 15 is 0 Å². The third-order valence-corrected chi connectivity index (χ3v) is 5.83. The normalized spacial score (nSPS) is 16.2. The number of hydrogen-bond acceptors (Lipinski definition) is 3. The van der Waals surface area contributed by atoms with Crippen molar-refractivity contribution in [3.63, 3.8) is 0 Å². The van der Waals surface area contributed by atoms with Crippen molar-refractivity contribution in [1.82, 2.24) is 15.1 Å². The van der Waals surface area contributed by atoms with Gasteiger partial charge in [0.1, 0.15) is 5.54 Å². The Hall–Kier alpha value is -2.17. The highest BCUT2D eigenvalue weighted by Gasteiger charge is 2.47. The van der Waals surface area contributed by atoms with Crippen LogP contribution >= 0.6 is 0 Å². The van der Waals surface area contributed by atoms with Gasteiger partial charge in [0.2, 0.25) is 5.91 Å². The van der Waals surface area contributed by atoms with Gasteiger partial charge in [0.25, 0.3) is 0 Å². The lowest BCUT2D eigenvalue weighted by Gasteiger charge is -2.38. The molecule has 0 fully saturated rings. The quantitative estimate of drug-likeness (QED) is 0.766. The van der Waals surface area contributed by atoms with Crippen LogP contribution in [0.4, 0.5) is 0 Å². The number of amides is 1. The van der Waals surface area contributed by atoms with E-state index in [2.05, 4.69) is 77.6 Å². The van der Waals surface area contributed by atoms with E-state index in [9.17, 15) is 4.79 Å². The Morgan fingerprint density at radius 1 is 1.00 bits per heavy atom. The minimum atomic E-state index is -0.515. The third kappa shape index (κ3) is 4.62. The predicted molar refractivity (Wildman–Crippen MR) is 116 cm³/mol. The van der Waals surface area contributed by atoms with E-state index in [1.165, 1.54) is 16.7 Å². The Bertz CT molecular complexity index is 762. The maximum atomic E-state index is 13.5. The predicted octanol–water partition coefficient (Wildman–Crippen LogP) is 2.76. The van der Waals surface area contributed by atoms with E-state index in [0.717, 1.165) is 32.4 Å². The highest BCUT2D eigenvalue weighted by Crippen LogP contribution is 2.34. The van der Waals surface area contributed by atoms with Crippen molar-refractivity contribution in [1.29, 1.82) is 0 Å². The van der Waals surface area contributed by atoms with Gasteiger partial charge in [-0.1, -0.05) is 54.6 Å². The average molecular weight is 380 g/mol. The molecule has 3 rings (SSSR count). The molecule has 0 aliphatic heterocycles. The van der Waals surface area contributed by atoms with Crippen molar-refractivity contribution in [3.05, 3.63) is 71.3 Å². The van der Waals surface area contributed by atoms with Gasteiger partial charge in [0.05, 0.1) is 0 Å². The minimum absolute atomic E-state index is 0.116. The van der Waals surface area contributed by atoms with Crippen LogP contribution in [-0.2, 0) is 24.1 Å². The zero-order chi connectivity index (χ0) is 20.1. The van der Waals surface area contributed by atoms with Crippen molar-refractivity contribution in [2.75, 3.05) is 34.2 Å². The number of fused-ring (bicyclic) bond motifs is 1. The largest absolute Gasteiger partial charge is 0.351 e. The molecule has 0 aromatic heterocycles. The number of carbonyl (C=O) groups is 1. The molecule has 0 radical (unpaired) electrons. The van der Waals surface area contributed by atoms with Gasteiger partial charge < -0.3 is 10.2 Å². The molecule has 1 unspecified atom stereocenters. The number of nitrogens with zero attached hydrogens (tertiary/aromatic N) is 2. The van der Waals surface area contributed by atoms with E-state index in [-0.39, 0.29) is 11.9 Å². The molecule has 28 heavy (non-hydrogen) atoms. The fourth-order valence-corrected chi connectivity index (χ4v) is 4.31. The molecular weight excluding hydrogens is 346 g/mol. The molecule has 1 aliphatic carbocycles. The minimum Gasteiger partial charge on any atom is -0.351 e. The van der Waals surface area contributed by atoms with Crippen molar-refractivity contribution in [3.8, 4) is 0 Å². The van der Waals surface area contributed by atoms with Gasteiger partial charge in [-0.25, -0.2) is 0 Å². The van der Waals surface area contributed by atoms with E-state index in [4.69, 9.17) is 0 Å². The van der Waals surface area contributed by atoms with E-state index in [1.807, 2.05) is 20.2 Å². The highest BCUT2D eigenvalue weighted by atomic mass is 16.2. The molecule has 1 aliphatic rings. The topological polar surface area (TPSA) is 35.6 Å². The van der Waals surface area contributed by atoms with Crippen molar-refractivity contribution < 1.29 is 4.79 Å². The first kappa shape index (κ1) is 20.6. The smallest absolute Gasteiger partial charge is 0.241 e. The molecule has 0 bridgehead atoms. The number of benzene rings is 2. The summed E-state index contributed by atoms with van der Waals surface area (Å²) in [6, 6.07) is 19.1. The number of rotatable bonds is 8. The molecule has 0 spiro atoms. The maximum absolute atomic E-state index is 13.5. The van der Waals surface area contributed by atoms with Gasteiger partial charge in [-0.3, -0.25) is 9.69 Å². The van der Waals surface area contributed by atoms with Crippen molar-refractivity contribution >= 4 is 5.91 Å². The van der Waals surface area contributed by atoms with Crippen molar-refractivity contribution in [2.24, 2.45) is 0 Å². The van der Waals surface area contributed by atoms with E-state index in [0.29, 0.717) is 0 Å². The van der Waals surface area contributed by atoms with Gasteiger partial charge in [-0.15, -0.1) is 0 Å². The van der Waals surface area contributed by atoms with E-state index < -0.39 is 5.54 Å². The molecule has 1 amide bonds. The second-order valence-corrected chi connectivity index (χ2v) is 8.45. The monoisotopic (exact) mass is 379 g/mol. The van der Waals surface area contributed by atoms with Crippen LogP contribution in [0.25, 0.3) is 0 Å². The standard InChI is InChI=1S/C24H33N3O/c1-19(18-26(2)3)25-23(28)24(16-21-12-8-9-13-22(21)17-24)27(4)15-14-20-10-6-5-7-11-20/h5-13,19H,14-18H2,1-4H3,(H,25,28). The zero-order valence-corrected chi connectivity index (χ0v) is 17.6. The Kier molecular flexibility index (Phi) is 6.53. The molecule has 4 heteroatoms. The van der Waals surface area contributed by atoms with Crippen LogP contribution in [0.1, 0.15) is 23.6 Å². The molecule has 150 valence electrons. The van der Waals surface area contributed by atoms with Crippen LogP contribution in [0.3, 0.4) is 0 Å². The first-order valence-corrected chi connectivity index (χ1v) is 10.2. The summed E-state index contributed by atoms with van der Waals surface area (Å²) in [6.07, 6.45) is 2.49. The van der Waals surface area contributed by atoms with Gasteiger partial charge in [-0.05, 0) is 51.2 Å². The number of hydrogen-bond donors (Lipinski definition) is 1.